The number of aromatic nitrogens is 5. The topological polar surface area (TPSA) is 74.3 Å². The van der Waals surface area contributed by atoms with Crippen LogP contribution in [0.3, 0.4) is 0 Å². The van der Waals surface area contributed by atoms with Gasteiger partial charge in [-0.3, -0.25) is 4.79 Å². The van der Waals surface area contributed by atoms with Gasteiger partial charge in [-0.2, -0.15) is 9.50 Å². The fourth-order valence-corrected chi connectivity index (χ4v) is 4.99. The van der Waals surface area contributed by atoms with Crippen LogP contribution in [0.5, 0.6) is 5.75 Å². The molecule has 0 bridgehead atoms. The van der Waals surface area contributed by atoms with Crippen molar-refractivity contribution in [2.75, 3.05) is 7.11 Å². The lowest BCUT2D eigenvalue weighted by Crippen LogP contribution is -2.33. The largest absolute Gasteiger partial charge is 0.496 e. The molecule has 3 heterocycles. The van der Waals surface area contributed by atoms with E-state index < -0.39 is 0 Å². The molecule has 0 saturated heterocycles. The van der Waals surface area contributed by atoms with E-state index in [1.807, 2.05) is 48.0 Å². The summed E-state index contributed by atoms with van der Waals surface area (Å²) >= 11 is 0. The molecular formula is C24H27N5O2. The van der Waals surface area contributed by atoms with Crippen molar-refractivity contribution >= 4 is 16.7 Å². The van der Waals surface area contributed by atoms with Gasteiger partial charge < -0.3 is 9.30 Å². The lowest BCUT2D eigenvalue weighted by molar-refractivity contribution is 0.183. The Labute approximate surface area is 180 Å². The Morgan fingerprint density at radius 3 is 2.71 bits per heavy atom. The second-order valence-electron chi connectivity index (χ2n) is 8.65. The van der Waals surface area contributed by atoms with E-state index in [9.17, 15) is 4.79 Å². The number of fused-ring (bicyclic) bond motifs is 2. The number of ether oxygens (including phenoxy) is 1. The molecule has 0 N–H and O–H groups in total. The third-order valence-electron chi connectivity index (χ3n) is 6.85. The van der Waals surface area contributed by atoms with E-state index in [-0.39, 0.29) is 11.6 Å². The Kier molecular flexibility index (Phi) is 4.76. The molecule has 0 amide bonds. The highest BCUT2D eigenvalue weighted by Crippen LogP contribution is 2.38. The highest BCUT2D eigenvalue weighted by atomic mass is 16.5. The summed E-state index contributed by atoms with van der Waals surface area (Å²) in [5, 5.41) is 5.12. The Balaban J connectivity index is 1.87. The Morgan fingerprint density at radius 1 is 1.10 bits per heavy atom. The smallest absolute Gasteiger partial charge is 0.262 e. The molecule has 5 rings (SSSR count). The van der Waals surface area contributed by atoms with Gasteiger partial charge in [-0.1, -0.05) is 38.8 Å². The first-order chi connectivity index (χ1) is 15.0. The molecule has 3 atom stereocenters. The van der Waals surface area contributed by atoms with E-state index in [0.29, 0.717) is 45.8 Å². The summed E-state index contributed by atoms with van der Waals surface area (Å²) in [7, 11) is 1.63. The predicted octanol–water partition coefficient (Wildman–Crippen LogP) is 4.42. The van der Waals surface area contributed by atoms with Crippen molar-refractivity contribution in [3.05, 3.63) is 52.7 Å². The standard InChI is InChI=1S/C24H27N5O2/c1-14-8-7-10-19(15(14)2)28-13-12-18-21(23(28)30)22(17-9-5-6-11-20(17)31-4)29-24(26-18)25-16(3)27-29/h5-6,9,11-15,19H,7-8,10H2,1-4H3/t14-,15+,19+/m1/s1. The number of para-hydroxylation sites is 1. The van der Waals surface area contributed by atoms with E-state index in [4.69, 9.17) is 4.74 Å². The number of rotatable bonds is 3. The summed E-state index contributed by atoms with van der Waals surface area (Å²) in [6, 6.07) is 9.81. The minimum absolute atomic E-state index is 0.0353. The van der Waals surface area contributed by atoms with E-state index in [1.54, 1.807) is 11.6 Å². The molecular weight excluding hydrogens is 390 g/mol. The van der Waals surface area contributed by atoms with E-state index >= 15 is 0 Å². The van der Waals surface area contributed by atoms with Gasteiger partial charge in [0, 0.05) is 17.8 Å². The van der Waals surface area contributed by atoms with Crippen LogP contribution in [0.15, 0.2) is 41.3 Å². The van der Waals surface area contributed by atoms with Crippen LogP contribution in [-0.4, -0.2) is 31.3 Å². The van der Waals surface area contributed by atoms with Gasteiger partial charge in [-0.05, 0) is 43.4 Å². The van der Waals surface area contributed by atoms with Crippen molar-refractivity contribution in [3.63, 3.8) is 0 Å². The predicted molar refractivity (Wildman–Crippen MR) is 120 cm³/mol. The molecule has 31 heavy (non-hydrogen) atoms. The highest BCUT2D eigenvalue weighted by molar-refractivity contribution is 5.94. The van der Waals surface area contributed by atoms with Gasteiger partial charge in [0.1, 0.15) is 11.6 Å². The number of pyridine rings is 1. The molecule has 1 aromatic carbocycles. The zero-order chi connectivity index (χ0) is 21.7. The second-order valence-corrected chi connectivity index (χ2v) is 8.65. The van der Waals surface area contributed by atoms with Crippen LogP contribution >= 0.6 is 0 Å². The Morgan fingerprint density at radius 2 is 1.90 bits per heavy atom. The molecule has 160 valence electrons. The highest BCUT2D eigenvalue weighted by Gasteiger charge is 2.30. The monoisotopic (exact) mass is 417 g/mol. The van der Waals surface area contributed by atoms with E-state index in [1.165, 1.54) is 6.42 Å². The number of benzene rings is 1. The molecule has 7 nitrogen and oxygen atoms in total. The molecule has 1 aliphatic rings. The summed E-state index contributed by atoms with van der Waals surface area (Å²) < 4.78 is 9.22. The van der Waals surface area contributed by atoms with Gasteiger partial charge in [0.2, 0.25) is 0 Å². The SMILES string of the molecule is COc1ccccc1-c1c2c(=O)n([C@H]3CCC[C@@H](C)[C@@H]3C)ccc2nc2nc(C)nn12. The molecule has 1 aliphatic carbocycles. The first-order valence-corrected chi connectivity index (χ1v) is 10.9. The quantitative estimate of drug-likeness (QED) is 0.493. The second kappa shape index (κ2) is 7.48. The number of nitrogens with zero attached hydrogens (tertiary/aromatic N) is 5. The van der Waals surface area contributed by atoms with Crippen LogP contribution in [0.1, 0.15) is 45.0 Å². The first-order valence-electron chi connectivity index (χ1n) is 10.9. The molecule has 0 spiro atoms. The molecule has 7 heteroatoms. The summed E-state index contributed by atoms with van der Waals surface area (Å²) in [5.41, 5.74) is 2.06. The van der Waals surface area contributed by atoms with Crippen LogP contribution in [0.25, 0.3) is 27.9 Å². The van der Waals surface area contributed by atoms with Gasteiger partial charge in [0.05, 0.1) is 23.7 Å². The molecule has 1 fully saturated rings. The maximum Gasteiger partial charge on any atom is 0.262 e. The van der Waals surface area contributed by atoms with E-state index in [0.717, 1.165) is 18.4 Å². The maximum atomic E-state index is 13.9. The fraction of sp³-hybridized carbons (Fsp3) is 0.417. The molecule has 3 aromatic heterocycles. The molecule has 0 radical (unpaired) electrons. The van der Waals surface area contributed by atoms with Gasteiger partial charge in [-0.15, -0.1) is 5.10 Å². The van der Waals surface area contributed by atoms with Crippen molar-refractivity contribution in [1.82, 2.24) is 24.1 Å². The zero-order valence-electron chi connectivity index (χ0n) is 18.4. The third-order valence-corrected chi connectivity index (χ3v) is 6.85. The fourth-order valence-electron chi connectivity index (χ4n) is 4.99. The Bertz CT molecular complexity index is 1340. The molecule has 1 saturated carbocycles. The number of hydrogen-bond donors (Lipinski definition) is 0. The van der Waals surface area contributed by atoms with E-state index in [2.05, 4.69) is 28.9 Å². The minimum atomic E-state index is -0.0353. The van der Waals surface area contributed by atoms with Gasteiger partial charge in [0.15, 0.2) is 0 Å². The number of hydrogen-bond acceptors (Lipinski definition) is 5. The number of aryl methyl sites for hydroxylation is 1. The van der Waals surface area contributed by atoms with Crippen LogP contribution in [0, 0.1) is 18.8 Å². The van der Waals surface area contributed by atoms with Crippen molar-refractivity contribution in [2.24, 2.45) is 11.8 Å². The van der Waals surface area contributed by atoms with Gasteiger partial charge >= 0.3 is 0 Å². The van der Waals surface area contributed by atoms with Crippen molar-refractivity contribution in [1.29, 1.82) is 0 Å². The van der Waals surface area contributed by atoms with Crippen molar-refractivity contribution in [2.45, 2.75) is 46.1 Å². The first kappa shape index (κ1) is 19.7. The summed E-state index contributed by atoms with van der Waals surface area (Å²) in [6.45, 7) is 6.37. The maximum absolute atomic E-state index is 13.9. The lowest BCUT2D eigenvalue weighted by atomic mass is 9.78. The zero-order valence-corrected chi connectivity index (χ0v) is 18.4. The average molecular weight is 418 g/mol. The summed E-state index contributed by atoms with van der Waals surface area (Å²) in [5.74, 6) is 2.79. The minimum Gasteiger partial charge on any atom is -0.496 e. The van der Waals surface area contributed by atoms with Crippen LogP contribution in [-0.2, 0) is 0 Å². The van der Waals surface area contributed by atoms with Crippen molar-refractivity contribution in [3.8, 4) is 17.0 Å². The Hall–Kier alpha value is -3.22. The van der Waals surface area contributed by atoms with Crippen LogP contribution in [0.2, 0.25) is 0 Å². The number of methoxy groups -OCH3 is 1. The molecule has 0 aliphatic heterocycles. The van der Waals surface area contributed by atoms with Gasteiger partial charge in [-0.25, -0.2) is 4.98 Å². The molecule has 4 aromatic rings. The third kappa shape index (κ3) is 3.10. The van der Waals surface area contributed by atoms with Crippen molar-refractivity contribution < 1.29 is 4.74 Å². The summed E-state index contributed by atoms with van der Waals surface area (Å²) in [4.78, 5) is 23.1. The van der Waals surface area contributed by atoms with Gasteiger partial charge in [0.25, 0.3) is 11.3 Å². The molecule has 0 unspecified atom stereocenters. The normalized spacial score (nSPS) is 21.6. The van der Waals surface area contributed by atoms with Crippen LogP contribution in [0.4, 0.5) is 0 Å². The van der Waals surface area contributed by atoms with Crippen LogP contribution < -0.4 is 10.3 Å². The lowest BCUT2D eigenvalue weighted by Gasteiger charge is -2.35. The average Bonchev–Trinajstić information content (AvgIpc) is 3.14. The summed E-state index contributed by atoms with van der Waals surface area (Å²) in [6.07, 6.45) is 5.27.